The number of nitrogens with zero attached hydrogens (tertiary/aromatic N) is 1. The van der Waals surface area contributed by atoms with Gasteiger partial charge in [0.25, 0.3) is 0 Å². The van der Waals surface area contributed by atoms with Gasteiger partial charge in [0.1, 0.15) is 0 Å². The van der Waals surface area contributed by atoms with Crippen LogP contribution < -0.4 is 18.9 Å². The molecule has 0 saturated carbocycles. The van der Waals surface area contributed by atoms with Crippen molar-refractivity contribution in [3.63, 3.8) is 0 Å². The van der Waals surface area contributed by atoms with E-state index in [-0.39, 0.29) is 24.3 Å². The van der Waals surface area contributed by atoms with Crippen LogP contribution in [0.5, 0.6) is 0 Å². The van der Waals surface area contributed by atoms with Crippen molar-refractivity contribution in [1.29, 1.82) is 0 Å². The first kappa shape index (κ1) is 14.8. The molecule has 78 valence electrons. The second kappa shape index (κ2) is 5.75. The molecule has 0 unspecified atom stereocenters. The molecule has 0 aliphatic heterocycles. The van der Waals surface area contributed by atoms with Gasteiger partial charge < -0.3 is 4.90 Å². The van der Waals surface area contributed by atoms with Crippen molar-refractivity contribution in [3.05, 3.63) is 35.4 Å². The molecule has 0 aliphatic rings. The Kier molecular flexibility index (Phi) is 5.67. The molecule has 0 spiro atoms. The summed E-state index contributed by atoms with van der Waals surface area (Å²) in [7, 11) is 4.15. The molecular formula is C13H20LiN. The normalized spacial score (nSPS) is 11.3. The third-order valence-corrected chi connectivity index (χ3v) is 2.23. The van der Waals surface area contributed by atoms with E-state index in [0.717, 1.165) is 6.54 Å². The first-order chi connectivity index (χ1) is 6.39. The zero-order valence-electron chi connectivity index (χ0n) is 10.9. The van der Waals surface area contributed by atoms with Crippen LogP contribution in [0.4, 0.5) is 0 Å². The smallest absolute Gasteiger partial charge is 0.307 e. The molecule has 0 radical (unpaired) electrons. The SMILES string of the molecule is CN(C)Cc1[c-]cc(C(C)(C)C)cc1.[Li+]. The maximum Gasteiger partial charge on any atom is 1.00 e. The van der Waals surface area contributed by atoms with Crippen LogP contribution in [0.2, 0.25) is 0 Å². The minimum atomic E-state index is 0. The molecule has 0 N–H and O–H groups in total. The van der Waals surface area contributed by atoms with Crippen LogP contribution in [0.15, 0.2) is 18.2 Å². The van der Waals surface area contributed by atoms with E-state index in [2.05, 4.69) is 64.0 Å². The second-order valence-corrected chi connectivity index (χ2v) is 5.09. The van der Waals surface area contributed by atoms with Crippen molar-refractivity contribution in [2.75, 3.05) is 14.1 Å². The van der Waals surface area contributed by atoms with E-state index in [9.17, 15) is 0 Å². The van der Waals surface area contributed by atoms with Gasteiger partial charge in [0.05, 0.1) is 0 Å². The minimum Gasteiger partial charge on any atom is -0.307 e. The predicted octanol–water partition coefficient (Wildman–Crippen LogP) is -0.150. The summed E-state index contributed by atoms with van der Waals surface area (Å²) in [5.74, 6) is 0. The third-order valence-electron chi connectivity index (χ3n) is 2.23. The summed E-state index contributed by atoms with van der Waals surface area (Å²) < 4.78 is 0. The summed E-state index contributed by atoms with van der Waals surface area (Å²) >= 11 is 0. The Labute approximate surface area is 106 Å². The Morgan fingerprint density at radius 1 is 1.20 bits per heavy atom. The van der Waals surface area contributed by atoms with E-state index >= 15 is 0 Å². The molecule has 0 amide bonds. The van der Waals surface area contributed by atoms with Crippen LogP contribution in [0.25, 0.3) is 0 Å². The van der Waals surface area contributed by atoms with Gasteiger partial charge in [0, 0.05) is 6.54 Å². The van der Waals surface area contributed by atoms with Gasteiger partial charge in [-0.05, 0) is 14.1 Å². The van der Waals surface area contributed by atoms with Crippen molar-refractivity contribution in [3.8, 4) is 0 Å². The molecule has 0 aromatic heterocycles. The van der Waals surface area contributed by atoms with Crippen LogP contribution >= 0.6 is 0 Å². The van der Waals surface area contributed by atoms with Crippen molar-refractivity contribution < 1.29 is 18.9 Å². The number of hydrogen-bond donors (Lipinski definition) is 0. The molecule has 1 aromatic rings. The first-order valence-electron chi connectivity index (χ1n) is 5.05. The van der Waals surface area contributed by atoms with E-state index in [1.165, 1.54) is 11.1 Å². The maximum atomic E-state index is 3.33. The summed E-state index contributed by atoms with van der Waals surface area (Å²) in [4.78, 5) is 2.16. The fraction of sp³-hybridized carbons (Fsp3) is 0.538. The Hall–Kier alpha value is -0.223. The zero-order valence-corrected chi connectivity index (χ0v) is 10.9. The number of hydrogen-bond acceptors (Lipinski definition) is 1. The molecular weight excluding hydrogens is 177 g/mol. The summed E-state index contributed by atoms with van der Waals surface area (Å²) in [5, 5.41) is 0. The molecule has 0 bridgehead atoms. The van der Waals surface area contributed by atoms with Crippen molar-refractivity contribution in [2.45, 2.75) is 32.7 Å². The molecule has 0 heterocycles. The first-order valence-corrected chi connectivity index (χ1v) is 5.05. The molecule has 1 aromatic carbocycles. The maximum absolute atomic E-state index is 3.33. The van der Waals surface area contributed by atoms with Gasteiger partial charge in [0.15, 0.2) is 0 Å². The summed E-state index contributed by atoms with van der Waals surface area (Å²) in [6.45, 7) is 7.63. The van der Waals surface area contributed by atoms with Gasteiger partial charge in [0.2, 0.25) is 0 Å². The van der Waals surface area contributed by atoms with Gasteiger partial charge in [-0.2, -0.15) is 29.8 Å². The van der Waals surface area contributed by atoms with Gasteiger partial charge in [-0.15, -0.1) is 5.56 Å². The van der Waals surface area contributed by atoms with Gasteiger partial charge in [-0.3, -0.25) is 0 Å². The number of benzene rings is 1. The monoisotopic (exact) mass is 197 g/mol. The zero-order chi connectivity index (χ0) is 10.8. The molecule has 0 saturated heterocycles. The Bertz CT molecular complexity index is 282. The average molecular weight is 197 g/mol. The van der Waals surface area contributed by atoms with Crippen LogP contribution in [0.1, 0.15) is 31.9 Å². The molecule has 15 heavy (non-hydrogen) atoms. The number of rotatable bonds is 2. The van der Waals surface area contributed by atoms with E-state index < -0.39 is 0 Å². The average Bonchev–Trinajstić information content (AvgIpc) is 2.02. The minimum absolute atomic E-state index is 0. The van der Waals surface area contributed by atoms with E-state index in [1.54, 1.807) is 0 Å². The van der Waals surface area contributed by atoms with Crippen molar-refractivity contribution >= 4 is 0 Å². The predicted molar refractivity (Wildman–Crippen MR) is 61.4 cm³/mol. The molecule has 2 heteroatoms. The second-order valence-electron chi connectivity index (χ2n) is 5.09. The molecule has 1 nitrogen and oxygen atoms in total. The largest absolute Gasteiger partial charge is 1.00 e. The van der Waals surface area contributed by atoms with Crippen molar-refractivity contribution in [1.82, 2.24) is 4.90 Å². The van der Waals surface area contributed by atoms with Crippen LogP contribution in [0, 0.1) is 6.07 Å². The van der Waals surface area contributed by atoms with E-state index in [0.29, 0.717) is 0 Å². The third kappa shape index (κ3) is 4.89. The van der Waals surface area contributed by atoms with Crippen LogP contribution in [-0.4, -0.2) is 19.0 Å². The van der Waals surface area contributed by atoms with Crippen LogP contribution in [0.3, 0.4) is 0 Å². The fourth-order valence-corrected chi connectivity index (χ4v) is 1.36. The molecule has 1 rings (SSSR count). The standard InChI is InChI=1S/C13H20N.Li/c1-13(2,3)12-8-6-11(7-9-12)10-14(4)5;/h6,8-9H,10H2,1-5H3;/q-1;+1. The Morgan fingerprint density at radius 3 is 2.13 bits per heavy atom. The topological polar surface area (TPSA) is 3.24 Å². The quantitative estimate of drug-likeness (QED) is 0.471. The van der Waals surface area contributed by atoms with Crippen LogP contribution in [-0.2, 0) is 12.0 Å². The summed E-state index contributed by atoms with van der Waals surface area (Å²) in [6, 6.07) is 9.81. The summed E-state index contributed by atoms with van der Waals surface area (Å²) in [5.41, 5.74) is 2.83. The molecule has 0 aliphatic carbocycles. The Morgan fingerprint density at radius 2 is 1.80 bits per heavy atom. The summed E-state index contributed by atoms with van der Waals surface area (Å²) in [6.07, 6.45) is 0. The van der Waals surface area contributed by atoms with Gasteiger partial charge in [-0.1, -0.05) is 26.2 Å². The van der Waals surface area contributed by atoms with Crippen molar-refractivity contribution in [2.24, 2.45) is 0 Å². The molecule has 0 fully saturated rings. The fourth-order valence-electron chi connectivity index (χ4n) is 1.36. The van der Waals surface area contributed by atoms with E-state index in [4.69, 9.17) is 0 Å². The van der Waals surface area contributed by atoms with E-state index in [1.807, 2.05) is 0 Å². The Balaban J connectivity index is 0.00000196. The molecule has 0 atom stereocenters. The van der Waals surface area contributed by atoms with Gasteiger partial charge >= 0.3 is 18.9 Å². The van der Waals surface area contributed by atoms with Gasteiger partial charge in [-0.25, -0.2) is 0 Å².